The number of hydrogen-bond acceptors (Lipinski definition) is 5. The molecule has 0 aliphatic rings. The van der Waals surface area contributed by atoms with Crippen molar-refractivity contribution >= 4 is 21.3 Å². The third kappa shape index (κ3) is 2.00. The van der Waals surface area contributed by atoms with Crippen molar-refractivity contribution in [3.63, 3.8) is 0 Å². The maximum absolute atomic E-state index is 12.3. The number of ketones is 1. The fourth-order valence-corrected chi connectivity index (χ4v) is 2.88. The second-order valence-electron chi connectivity index (χ2n) is 3.74. The predicted molar refractivity (Wildman–Crippen MR) is 64.9 cm³/mol. The number of aromatic amines is 1. The highest BCUT2D eigenvalue weighted by Gasteiger charge is 2.25. The quantitative estimate of drug-likeness (QED) is 0.636. The monoisotopic (exact) mass is 265 g/mol. The number of nitrogens with two attached hydrogens (primary N) is 1. The Balaban J connectivity index is 2.58. The van der Waals surface area contributed by atoms with Crippen molar-refractivity contribution < 1.29 is 13.2 Å². The van der Waals surface area contributed by atoms with Crippen molar-refractivity contribution in [1.82, 2.24) is 10.2 Å². The molecule has 2 aromatic rings. The van der Waals surface area contributed by atoms with E-state index >= 15 is 0 Å². The van der Waals surface area contributed by atoms with Crippen LogP contribution in [-0.4, -0.2) is 24.4 Å². The molecule has 1 heterocycles. The highest BCUT2D eigenvalue weighted by molar-refractivity contribution is 7.91. The van der Waals surface area contributed by atoms with Crippen molar-refractivity contribution in [2.45, 2.75) is 16.8 Å². The van der Waals surface area contributed by atoms with Gasteiger partial charge in [0.25, 0.3) is 0 Å². The maximum Gasteiger partial charge on any atom is 0.224 e. The van der Waals surface area contributed by atoms with Crippen LogP contribution in [0.5, 0.6) is 0 Å². The molecule has 6 nitrogen and oxygen atoms in total. The van der Waals surface area contributed by atoms with Crippen LogP contribution in [0.25, 0.3) is 0 Å². The number of sulfone groups is 1. The number of Topliss-reactive ketones (excluding diaryl/α,β-unsaturated/α-hetero) is 1. The normalized spacial score (nSPS) is 11.4. The molecule has 2 rings (SSSR count). The molecule has 0 aliphatic heterocycles. The number of nitrogens with zero attached hydrogens (tertiary/aromatic N) is 1. The van der Waals surface area contributed by atoms with Crippen molar-refractivity contribution in [1.29, 1.82) is 0 Å². The fraction of sp³-hybridized carbons (Fsp3) is 0.0909. The van der Waals surface area contributed by atoms with Gasteiger partial charge < -0.3 is 5.73 Å². The number of H-pyrrole nitrogens is 1. The van der Waals surface area contributed by atoms with Gasteiger partial charge in [-0.15, -0.1) is 0 Å². The molecule has 0 amide bonds. The molecule has 0 radical (unpaired) electrons. The van der Waals surface area contributed by atoms with E-state index in [0.717, 1.165) is 0 Å². The number of hydrogen-bond donors (Lipinski definition) is 2. The summed E-state index contributed by atoms with van der Waals surface area (Å²) in [5.74, 6) is -0.363. The molecule has 1 aromatic carbocycles. The topological polar surface area (TPSA) is 106 Å². The molecule has 0 atom stereocenters. The van der Waals surface area contributed by atoms with Gasteiger partial charge in [-0.1, -0.05) is 0 Å². The Kier molecular flexibility index (Phi) is 2.92. The summed E-state index contributed by atoms with van der Waals surface area (Å²) in [6.07, 6.45) is 1.20. The number of carbonyl (C=O) groups excluding carboxylic acids is 1. The summed E-state index contributed by atoms with van der Waals surface area (Å²) in [6, 6.07) is 5.73. The lowest BCUT2D eigenvalue weighted by Gasteiger charge is -2.04. The van der Waals surface area contributed by atoms with Crippen LogP contribution in [0.3, 0.4) is 0 Å². The summed E-state index contributed by atoms with van der Waals surface area (Å²) >= 11 is 0. The van der Waals surface area contributed by atoms with Crippen LogP contribution in [0, 0.1) is 0 Å². The Morgan fingerprint density at radius 1 is 1.28 bits per heavy atom. The van der Waals surface area contributed by atoms with Gasteiger partial charge in [-0.3, -0.25) is 9.89 Å². The number of nitrogen functional groups attached to an aromatic ring is 1. The van der Waals surface area contributed by atoms with Gasteiger partial charge in [0.15, 0.2) is 10.8 Å². The highest BCUT2D eigenvalue weighted by atomic mass is 32.2. The van der Waals surface area contributed by atoms with Crippen LogP contribution < -0.4 is 5.73 Å². The Bertz CT molecular complexity index is 687. The van der Waals surface area contributed by atoms with Crippen LogP contribution in [0.2, 0.25) is 0 Å². The average Bonchev–Trinajstić information content (AvgIpc) is 2.79. The van der Waals surface area contributed by atoms with Crippen molar-refractivity contribution in [2.24, 2.45) is 0 Å². The van der Waals surface area contributed by atoms with Crippen LogP contribution in [0.1, 0.15) is 17.3 Å². The van der Waals surface area contributed by atoms with E-state index in [1.165, 1.54) is 37.4 Å². The minimum Gasteiger partial charge on any atom is -0.399 e. The second-order valence-corrected chi connectivity index (χ2v) is 5.63. The number of benzene rings is 1. The van der Waals surface area contributed by atoms with E-state index in [9.17, 15) is 13.2 Å². The zero-order chi connectivity index (χ0) is 13.3. The molecule has 0 aliphatic carbocycles. The lowest BCUT2D eigenvalue weighted by Crippen LogP contribution is -2.07. The van der Waals surface area contributed by atoms with Crippen LogP contribution in [0.4, 0.5) is 5.69 Å². The van der Waals surface area contributed by atoms with E-state index in [0.29, 0.717) is 5.69 Å². The summed E-state index contributed by atoms with van der Waals surface area (Å²) in [5, 5.41) is 5.76. The molecule has 3 N–H and O–H groups in total. The molecule has 0 saturated heterocycles. The lowest BCUT2D eigenvalue weighted by atomic mass is 10.3. The summed E-state index contributed by atoms with van der Waals surface area (Å²) in [6.45, 7) is 1.28. The van der Waals surface area contributed by atoms with Gasteiger partial charge in [-0.05, 0) is 31.2 Å². The van der Waals surface area contributed by atoms with E-state index in [4.69, 9.17) is 5.73 Å². The maximum atomic E-state index is 12.3. The van der Waals surface area contributed by atoms with Crippen molar-refractivity contribution in [2.75, 3.05) is 5.73 Å². The summed E-state index contributed by atoms with van der Waals surface area (Å²) < 4.78 is 24.5. The molecule has 18 heavy (non-hydrogen) atoms. The molecular weight excluding hydrogens is 254 g/mol. The summed E-state index contributed by atoms with van der Waals surface area (Å²) in [7, 11) is -3.78. The molecule has 1 aromatic heterocycles. The number of carbonyl (C=O) groups is 1. The van der Waals surface area contributed by atoms with E-state index in [-0.39, 0.29) is 21.3 Å². The molecular formula is C11H11N3O3S. The van der Waals surface area contributed by atoms with Gasteiger partial charge in [0.2, 0.25) is 9.84 Å². The van der Waals surface area contributed by atoms with Gasteiger partial charge in [-0.25, -0.2) is 8.42 Å². The predicted octanol–water partition coefficient (Wildman–Crippen LogP) is 1.03. The van der Waals surface area contributed by atoms with Crippen LogP contribution in [0.15, 0.2) is 40.4 Å². The number of aromatic nitrogens is 2. The smallest absolute Gasteiger partial charge is 0.224 e. The Hall–Kier alpha value is -2.15. The second kappa shape index (κ2) is 4.26. The molecule has 0 unspecified atom stereocenters. The molecule has 0 bridgehead atoms. The number of anilines is 1. The minimum absolute atomic E-state index is 0.0480. The first-order valence-corrected chi connectivity index (χ1v) is 6.56. The first kappa shape index (κ1) is 12.3. The van der Waals surface area contributed by atoms with Crippen LogP contribution >= 0.6 is 0 Å². The third-order valence-electron chi connectivity index (χ3n) is 2.44. The van der Waals surface area contributed by atoms with Gasteiger partial charge >= 0.3 is 0 Å². The van der Waals surface area contributed by atoms with Gasteiger partial charge in [0, 0.05) is 5.69 Å². The highest BCUT2D eigenvalue weighted by Crippen LogP contribution is 2.22. The van der Waals surface area contributed by atoms with Crippen molar-refractivity contribution in [3.8, 4) is 0 Å². The first-order chi connectivity index (χ1) is 8.43. The Labute approximate surface area is 104 Å². The van der Waals surface area contributed by atoms with E-state index in [1.807, 2.05) is 0 Å². The van der Waals surface area contributed by atoms with Gasteiger partial charge in [-0.2, -0.15) is 5.10 Å². The zero-order valence-electron chi connectivity index (χ0n) is 9.54. The molecule has 0 fully saturated rings. The van der Waals surface area contributed by atoms with Crippen LogP contribution in [-0.2, 0) is 9.84 Å². The summed E-state index contributed by atoms with van der Waals surface area (Å²) in [5.41, 5.74) is 6.01. The zero-order valence-corrected chi connectivity index (χ0v) is 10.4. The summed E-state index contributed by atoms with van der Waals surface area (Å²) in [4.78, 5) is 11.4. The van der Waals surface area contributed by atoms with Crippen molar-refractivity contribution in [3.05, 3.63) is 36.0 Å². The average molecular weight is 265 g/mol. The van der Waals surface area contributed by atoms with E-state index in [2.05, 4.69) is 10.2 Å². The molecule has 94 valence electrons. The Morgan fingerprint density at radius 2 is 1.89 bits per heavy atom. The SMILES string of the molecule is CC(=O)c1cn[nH]c1S(=O)(=O)c1ccc(N)cc1. The largest absolute Gasteiger partial charge is 0.399 e. The Morgan fingerprint density at radius 3 is 2.44 bits per heavy atom. The van der Waals surface area contributed by atoms with E-state index < -0.39 is 9.84 Å². The molecule has 0 saturated carbocycles. The standard InChI is InChI=1S/C11H11N3O3S/c1-7(15)10-6-13-14-11(10)18(16,17)9-4-2-8(12)3-5-9/h2-6H,12H2,1H3,(H,13,14). The van der Waals surface area contributed by atoms with E-state index in [1.54, 1.807) is 0 Å². The number of nitrogens with one attached hydrogen (secondary N) is 1. The molecule has 7 heteroatoms. The third-order valence-corrected chi connectivity index (χ3v) is 4.18. The fourth-order valence-electron chi connectivity index (χ4n) is 1.49. The number of rotatable bonds is 3. The first-order valence-electron chi connectivity index (χ1n) is 5.08. The van der Waals surface area contributed by atoms with Gasteiger partial charge in [0.05, 0.1) is 16.7 Å². The lowest BCUT2D eigenvalue weighted by molar-refractivity contribution is 0.101. The minimum atomic E-state index is -3.78. The molecule has 0 spiro atoms. The van der Waals surface area contributed by atoms with Gasteiger partial charge in [0.1, 0.15) is 0 Å².